The average Bonchev–Trinajstić information content (AvgIpc) is 2.43. The van der Waals surface area contributed by atoms with E-state index in [1.165, 1.54) is 0 Å². The summed E-state index contributed by atoms with van der Waals surface area (Å²) < 4.78 is 89.6. The molecule has 0 unspecified atom stereocenters. The minimum absolute atomic E-state index is 0.0626. The number of benzene rings is 2. The highest BCUT2D eigenvalue weighted by Crippen LogP contribution is 2.27. The van der Waals surface area contributed by atoms with Gasteiger partial charge in [-0.3, -0.25) is 0 Å². The summed E-state index contributed by atoms with van der Waals surface area (Å²) in [5, 5.41) is -0.952. The Kier molecular flexibility index (Phi) is 4.84. The Balaban J connectivity index is 1.71. The van der Waals surface area contributed by atoms with E-state index in [0.717, 1.165) is 40.7 Å². The van der Waals surface area contributed by atoms with E-state index in [1.54, 1.807) is 0 Å². The largest absolute Gasteiger partial charge is 0.223 e. The lowest BCUT2D eigenvalue weighted by atomic mass is 10.2. The van der Waals surface area contributed by atoms with Crippen LogP contribution >= 0.6 is 0 Å². The molecular weight excluding hydrogens is 391 g/mol. The van der Waals surface area contributed by atoms with E-state index in [-0.39, 0.29) is 23.5 Å². The van der Waals surface area contributed by atoms with Gasteiger partial charge in [0.15, 0.2) is 9.84 Å². The quantitative estimate of drug-likeness (QED) is 0.715. The van der Waals surface area contributed by atoms with E-state index in [1.807, 2.05) is 0 Å². The molecule has 0 saturated carbocycles. The molecule has 26 heavy (non-hydrogen) atoms. The first-order valence-corrected chi connectivity index (χ1v) is 10.7. The molecule has 0 aromatic heterocycles. The topological polar surface area (TPSA) is 71.5 Å². The molecule has 140 valence electrons. The first-order valence-electron chi connectivity index (χ1n) is 7.50. The number of halogens is 3. The molecule has 1 fully saturated rings. The van der Waals surface area contributed by atoms with E-state index in [0.29, 0.717) is 6.07 Å². The van der Waals surface area contributed by atoms with Gasteiger partial charge < -0.3 is 0 Å². The molecule has 0 amide bonds. The van der Waals surface area contributed by atoms with Crippen LogP contribution in [-0.2, 0) is 25.6 Å². The van der Waals surface area contributed by atoms with Gasteiger partial charge in [-0.15, -0.1) is 0 Å². The smallest absolute Gasteiger partial charge is 0.218 e. The van der Waals surface area contributed by atoms with Gasteiger partial charge in [0.25, 0.3) is 0 Å². The third kappa shape index (κ3) is 3.76. The highest BCUT2D eigenvalue weighted by Gasteiger charge is 2.43. The maximum atomic E-state index is 13.2. The standard InChI is InChI=1S/C16H14F3NO4S2/c17-12-1-3-15(4-2-12)26(23,24)16-8-20(9-16)25(21,22)10-11-5-13(18)7-14(19)6-11/h1-7,16H,8-10H2. The minimum Gasteiger partial charge on any atom is -0.223 e. The lowest BCUT2D eigenvalue weighted by Crippen LogP contribution is -2.56. The number of rotatable bonds is 5. The van der Waals surface area contributed by atoms with Crippen molar-refractivity contribution >= 4 is 19.9 Å². The lowest BCUT2D eigenvalue weighted by molar-refractivity contribution is 0.309. The summed E-state index contributed by atoms with van der Waals surface area (Å²) >= 11 is 0. The van der Waals surface area contributed by atoms with Gasteiger partial charge in [-0.05, 0) is 42.0 Å². The summed E-state index contributed by atoms with van der Waals surface area (Å²) in [4.78, 5) is -0.0897. The minimum atomic E-state index is -3.92. The number of hydrogen-bond donors (Lipinski definition) is 0. The Labute approximate surface area is 149 Å². The number of sulfonamides is 1. The molecule has 1 aliphatic rings. The van der Waals surface area contributed by atoms with Crippen molar-refractivity contribution in [1.82, 2.24) is 4.31 Å². The van der Waals surface area contributed by atoms with Gasteiger partial charge in [-0.2, -0.15) is 4.31 Å². The highest BCUT2D eigenvalue weighted by atomic mass is 32.2. The monoisotopic (exact) mass is 405 g/mol. The molecule has 1 aliphatic heterocycles. The fourth-order valence-corrected chi connectivity index (χ4v) is 6.06. The van der Waals surface area contributed by atoms with Gasteiger partial charge in [0.2, 0.25) is 10.0 Å². The number of nitrogens with zero attached hydrogens (tertiary/aromatic N) is 1. The number of hydrogen-bond acceptors (Lipinski definition) is 4. The van der Waals surface area contributed by atoms with Crippen LogP contribution in [0.15, 0.2) is 47.4 Å². The molecule has 0 atom stereocenters. The van der Waals surface area contributed by atoms with Crippen LogP contribution in [0.4, 0.5) is 13.2 Å². The zero-order chi connectivity index (χ0) is 19.1. The van der Waals surface area contributed by atoms with Crippen molar-refractivity contribution in [2.45, 2.75) is 15.9 Å². The fraction of sp³-hybridized carbons (Fsp3) is 0.250. The first kappa shape index (κ1) is 18.9. The second-order valence-electron chi connectivity index (χ2n) is 5.97. The van der Waals surface area contributed by atoms with Crippen molar-refractivity contribution in [1.29, 1.82) is 0 Å². The summed E-state index contributed by atoms with van der Waals surface area (Å²) in [6, 6.07) is 6.72. The predicted octanol–water partition coefficient (Wildman–Crippen LogP) is 2.09. The molecule has 0 radical (unpaired) electrons. The molecule has 0 aliphatic carbocycles. The van der Waals surface area contributed by atoms with Crippen LogP contribution < -0.4 is 0 Å². The summed E-state index contributed by atoms with van der Waals surface area (Å²) in [5.74, 6) is -3.00. The second kappa shape index (κ2) is 6.67. The molecule has 0 spiro atoms. The Morgan fingerprint density at radius 3 is 1.92 bits per heavy atom. The van der Waals surface area contributed by atoms with Gasteiger partial charge in [0.05, 0.1) is 15.9 Å². The number of sulfone groups is 1. The van der Waals surface area contributed by atoms with Gasteiger partial charge in [-0.1, -0.05) is 0 Å². The van der Waals surface area contributed by atoms with Crippen molar-refractivity contribution in [2.24, 2.45) is 0 Å². The summed E-state index contributed by atoms with van der Waals surface area (Å²) in [7, 11) is -7.71. The van der Waals surface area contributed by atoms with Crippen molar-refractivity contribution < 1.29 is 30.0 Å². The lowest BCUT2D eigenvalue weighted by Gasteiger charge is -2.37. The first-order chi connectivity index (χ1) is 12.1. The van der Waals surface area contributed by atoms with E-state index >= 15 is 0 Å². The summed E-state index contributed by atoms with van der Waals surface area (Å²) in [5.41, 5.74) is -0.0626. The molecule has 1 saturated heterocycles. The Morgan fingerprint density at radius 2 is 1.38 bits per heavy atom. The third-order valence-electron chi connectivity index (χ3n) is 4.06. The zero-order valence-corrected chi connectivity index (χ0v) is 14.9. The maximum absolute atomic E-state index is 13.2. The molecule has 2 aromatic carbocycles. The van der Waals surface area contributed by atoms with E-state index < -0.39 is 48.3 Å². The van der Waals surface area contributed by atoms with E-state index in [4.69, 9.17) is 0 Å². The zero-order valence-electron chi connectivity index (χ0n) is 13.3. The highest BCUT2D eigenvalue weighted by molar-refractivity contribution is 7.92. The molecule has 1 heterocycles. The average molecular weight is 405 g/mol. The van der Waals surface area contributed by atoms with Crippen molar-refractivity contribution in [3.8, 4) is 0 Å². The van der Waals surface area contributed by atoms with Gasteiger partial charge in [0.1, 0.15) is 17.5 Å². The van der Waals surface area contributed by atoms with Crippen LogP contribution in [0.2, 0.25) is 0 Å². The van der Waals surface area contributed by atoms with Crippen molar-refractivity contribution in [2.75, 3.05) is 13.1 Å². The molecule has 5 nitrogen and oxygen atoms in total. The van der Waals surface area contributed by atoms with E-state index in [9.17, 15) is 30.0 Å². The molecule has 10 heteroatoms. The van der Waals surface area contributed by atoms with Crippen LogP contribution in [0, 0.1) is 17.5 Å². The van der Waals surface area contributed by atoms with Crippen molar-refractivity contribution in [3.63, 3.8) is 0 Å². The molecule has 2 aromatic rings. The van der Waals surface area contributed by atoms with Gasteiger partial charge in [0, 0.05) is 19.2 Å². The Hall–Kier alpha value is -1.91. The molecule has 3 rings (SSSR count). The Morgan fingerprint density at radius 1 is 0.846 bits per heavy atom. The van der Waals surface area contributed by atoms with Crippen LogP contribution in [0.25, 0.3) is 0 Å². The van der Waals surface area contributed by atoms with Gasteiger partial charge in [-0.25, -0.2) is 30.0 Å². The summed E-state index contributed by atoms with van der Waals surface area (Å²) in [6.45, 7) is -0.528. The van der Waals surface area contributed by atoms with Crippen LogP contribution in [0.1, 0.15) is 5.56 Å². The van der Waals surface area contributed by atoms with Crippen molar-refractivity contribution in [3.05, 3.63) is 65.5 Å². The van der Waals surface area contributed by atoms with E-state index in [2.05, 4.69) is 0 Å². The molecule has 0 N–H and O–H groups in total. The SMILES string of the molecule is O=S(=O)(c1ccc(F)cc1)C1CN(S(=O)(=O)Cc2cc(F)cc(F)c2)C1. The molecular formula is C16H14F3NO4S2. The third-order valence-corrected chi connectivity index (χ3v) is 7.95. The van der Waals surface area contributed by atoms with Crippen LogP contribution in [0.5, 0.6) is 0 Å². The predicted molar refractivity (Wildman–Crippen MR) is 87.9 cm³/mol. The Bertz CT molecular complexity index is 1010. The second-order valence-corrected chi connectivity index (χ2v) is 10.2. The molecule has 0 bridgehead atoms. The van der Waals surface area contributed by atoms with Gasteiger partial charge >= 0.3 is 0 Å². The normalized spacial score (nSPS) is 16.4. The van der Waals surface area contributed by atoms with Crippen LogP contribution in [-0.4, -0.2) is 39.5 Å². The summed E-state index contributed by atoms with van der Waals surface area (Å²) in [6.07, 6.45) is 0. The maximum Gasteiger partial charge on any atom is 0.218 e. The van der Waals surface area contributed by atoms with Crippen LogP contribution in [0.3, 0.4) is 0 Å². The fourth-order valence-electron chi connectivity index (χ4n) is 2.64.